The molecule has 0 aliphatic rings. The topological polar surface area (TPSA) is 127 Å². The molecule has 0 unspecified atom stereocenters. The van der Waals surface area contributed by atoms with Crippen LogP contribution in [0.1, 0.15) is 16.7 Å². The summed E-state index contributed by atoms with van der Waals surface area (Å²) in [6.45, 7) is 0.465. The Labute approximate surface area is 194 Å². The lowest BCUT2D eigenvalue weighted by atomic mass is 10.1. The van der Waals surface area contributed by atoms with E-state index in [1.807, 2.05) is 60.7 Å². The number of nitrogens with two attached hydrogens (primary N) is 1. The summed E-state index contributed by atoms with van der Waals surface area (Å²) in [5.41, 5.74) is 7.28. The van der Waals surface area contributed by atoms with Crippen LogP contribution in [0.3, 0.4) is 0 Å². The van der Waals surface area contributed by atoms with Gasteiger partial charge in [-0.1, -0.05) is 78.9 Å². The molecule has 0 aliphatic carbocycles. The molecule has 172 valence electrons. The molecule has 4 rings (SSSR count). The molecule has 1 heterocycles. The van der Waals surface area contributed by atoms with E-state index in [9.17, 15) is 19.7 Å². The molecule has 3 N–H and O–H groups in total. The van der Waals surface area contributed by atoms with Crippen LogP contribution in [0, 0.1) is 10.1 Å². The number of anilines is 2. The monoisotopic (exact) mass is 457 g/mol. The number of nitrogens with zero attached hydrogens (tertiary/aromatic N) is 3. The highest BCUT2D eigenvalue weighted by Gasteiger charge is 2.23. The van der Waals surface area contributed by atoms with E-state index < -0.39 is 16.2 Å². The van der Waals surface area contributed by atoms with E-state index in [2.05, 4.69) is 4.98 Å². The minimum atomic E-state index is -0.652. The van der Waals surface area contributed by atoms with Crippen molar-refractivity contribution in [1.29, 1.82) is 0 Å². The molecule has 0 aliphatic heterocycles. The molecule has 0 saturated carbocycles. The number of benzene rings is 3. The van der Waals surface area contributed by atoms with Crippen LogP contribution in [-0.2, 0) is 19.6 Å². The normalized spacial score (nSPS) is 10.7. The number of aromatic amines is 1. The van der Waals surface area contributed by atoms with Crippen LogP contribution >= 0.6 is 0 Å². The van der Waals surface area contributed by atoms with Gasteiger partial charge in [-0.2, -0.15) is 0 Å². The fraction of sp³-hybridized carbons (Fsp3) is 0.120. The van der Waals surface area contributed by atoms with Crippen molar-refractivity contribution >= 4 is 17.2 Å². The molecule has 0 saturated heterocycles. The van der Waals surface area contributed by atoms with Crippen molar-refractivity contribution in [2.24, 2.45) is 0 Å². The van der Waals surface area contributed by atoms with Crippen LogP contribution < -0.4 is 21.9 Å². The van der Waals surface area contributed by atoms with Crippen molar-refractivity contribution in [3.05, 3.63) is 133 Å². The van der Waals surface area contributed by atoms with E-state index in [-0.39, 0.29) is 36.8 Å². The quantitative estimate of drug-likeness (QED) is 0.309. The molecule has 4 aromatic rings. The highest BCUT2D eigenvalue weighted by atomic mass is 16.6. The first-order valence-electron chi connectivity index (χ1n) is 10.6. The van der Waals surface area contributed by atoms with E-state index in [0.29, 0.717) is 5.56 Å². The molecule has 0 bridgehead atoms. The molecule has 9 nitrogen and oxygen atoms in total. The highest BCUT2D eigenvalue weighted by molar-refractivity contribution is 5.63. The lowest BCUT2D eigenvalue weighted by Gasteiger charge is -2.26. The standard InChI is InChI=1S/C25H23N5O4/c26-23-22(24(31)27-25(32)29(23)16-19-11-5-2-6-12-19)28(15-18-9-3-1-4-10-18)17-20-13-7-8-14-21(20)30(33)34/h1-14H,15-17,26H2,(H,27,31,32). The van der Waals surface area contributed by atoms with Crippen molar-refractivity contribution in [2.75, 3.05) is 10.6 Å². The lowest BCUT2D eigenvalue weighted by molar-refractivity contribution is -0.385. The lowest BCUT2D eigenvalue weighted by Crippen LogP contribution is -2.38. The average molecular weight is 457 g/mol. The number of H-pyrrole nitrogens is 1. The molecule has 1 aromatic heterocycles. The first-order chi connectivity index (χ1) is 16.4. The maximum absolute atomic E-state index is 13.0. The van der Waals surface area contributed by atoms with Gasteiger partial charge in [-0.25, -0.2) is 4.79 Å². The number of hydrogen-bond acceptors (Lipinski definition) is 6. The number of nitro benzene ring substituents is 1. The second kappa shape index (κ2) is 9.86. The van der Waals surface area contributed by atoms with Gasteiger partial charge in [0.15, 0.2) is 0 Å². The first kappa shape index (κ1) is 22.5. The van der Waals surface area contributed by atoms with Gasteiger partial charge in [0.05, 0.1) is 18.0 Å². The van der Waals surface area contributed by atoms with E-state index in [0.717, 1.165) is 11.1 Å². The van der Waals surface area contributed by atoms with Gasteiger partial charge in [0.2, 0.25) is 0 Å². The second-order valence-corrected chi connectivity index (χ2v) is 7.79. The van der Waals surface area contributed by atoms with Crippen molar-refractivity contribution < 1.29 is 4.92 Å². The van der Waals surface area contributed by atoms with Gasteiger partial charge in [0.1, 0.15) is 11.5 Å². The number of nitrogen functional groups attached to an aromatic ring is 1. The van der Waals surface area contributed by atoms with Gasteiger partial charge in [-0.3, -0.25) is 24.5 Å². The fourth-order valence-corrected chi connectivity index (χ4v) is 3.85. The van der Waals surface area contributed by atoms with Gasteiger partial charge < -0.3 is 10.6 Å². The third-order valence-corrected chi connectivity index (χ3v) is 5.48. The predicted molar refractivity (Wildman–Crippen MR) is 131 cm³/mol. The third-order valence-electron chi connectivity index (χ3n) is 5.48. The van der Waals surface area contributed by atoms with Crippen molar-refractivity contribution in [2.45, 2.75) is 19.6 Å². The smallest absolute Gasteiger partial charge is 0.330 e. The number of rotatable bonds is 8. The molecule has 34 heavy (non-hydrogen) atoms. The molecule has 0 amide bonds. The summed E-state index contributed by atoms with van der Waals surface area (Å²) < 4.78 is 1.30. The molecular formula is C25H23N5O4. The van der Waals surface area contributed by atoms with E-state index in [4.69, 9.17) is 5.73 Å². The van der Waals surface area contributed by atoms with E-state index in [1.165, 1.54) is 10.6 Å². The molecule has 3 aromatic carbocycles. The zero-order valence-electron chi connectivity index (χ0n) is 18.3. The van der Waals surface area contributed by atoms with Crippen molar-refractivity contribution in [1.82, 2.24) is 9.55 Å². The SMILES string of the molecule is Nc1c(N(Cc2ccccc2)Cc2ccccc2[N+](=O)[O-])c(=O)[nH]c(=O)n1Cc1ccccc1. The summed E-state index contributed by atoms with van der Waals surface area (Å²) in [5, 5.41) is 11.6. The van der Waals surface area contributed by atoms with Crippen LogP contribution in [0.2, 0.25) is 0 Å². The van der Waals surface area contributed by atoms with Gasteiger partial charge in [-0.05, 0) is 11.1 Å². The summed E-state index contributed by atoms with van der Waals surface area (Å²) in [4.78, 5) is 40.7. The van der Waals surface area contributed by atoms with Gasteiger partial charge in [0, 0.05) is 18.2 Å². The van der Waals surface area contributed by atoms with E-state index >= 15 is 0 Å². The Kier molecular flexibility index (Phi) is 6.54. The van der Waals surface area contributed by atoms with Gasteiger partial charge >= 0.3 is 5.69 Å². The number of nitro groups is 1. The van der Waals surface area contributed by atoms with Crippen LogP contribution in [0.25, 0.3) is 0 Å². The Hall–Kier alpha value is -4.66. The zero-order valence-corrected chi connectivity index (χ0v) is 18.3. The first-order valence-corrected chi connectivity index (χ1v) is 10.6. The molecule has 0 atom stereocenters. The second-order valence-electron chi connectivity index (χ2n) is 7.79. The Bertz CT molecular complexity index is 1410. The maximum Gasteiger partial charge on any atom is 0.330 e. The Morgan fingerprint density at radius 2 is 1.44 bits per heavy atom. The summed E-state index contributed by atoms with van der Waals surface area (Å²) >= 11 is 0. The summed E-state index contributed by atoms with van der Waals surface area (Å²) in [5.74, 6) is -0.00730. The predicted octanol–water partition coefficient (Wildman–Crippen LogP) is 3.28. The van der Waals surface area contributed by atoms with Gasteiger partial charge in [-0.15, -0.1) is 0 Å². The minimum Gasteiger partial charge on any atom is -0.383 e. The number of hydrogen-bond donors (Lipinski definition) is 2. The molecule has 0 radical (unpaired) electrons. The summed E-state index contributed by atoms with van der Waals surface area (Å²) in [6, 6.07) is 25.0. The van der Waals surface area contributed by atoms with Gasteiger partial charge in [0.25, 0.3) is 11.2 Å². The molecule has 9 heteroatoms. The summed E-state index contributed by atoms with van der Waals surface area (Å²) in [7, 11) is 0. The van der Waals surface area contributed by atoms with Crippen LogP contribution in [0.15, 0.2) is 94.5 Å². The molecule has 0 spiro atoms. The van der Waals surface area contributed by atoms with Crippen LogP contribution in [0.4, 0.5) is 17.2 Å². The van der Waals surface area contributed by atoms with E-state index in [1.54, 1.807) is 23.1 Å². The summed E-state index contributed by atoms with van der Waals surface area (Å²) in [6.07, 6.45) is 0. The average Bonchev–Trinajstić information content (AvgIpc) is 2.83. The molecule has 0 fully saturated rings. The number of nitrogens with one attached hydrogen (secondary N) is 1. The fourth-order valence-electron chi connectivity index (χ4n) is 3.85. The van der Waals surface area contributed by atoms with Crippen molar-refractivity contribution in [3.63, 3.8) is 0 Å². The Balaban J connectivity index is 1.83. The highest BCUT2D eigenvalue weighted by Crippen LogP contribution is 2.26. The zero-order chi connectivity index (χ0) is 24.1. The largest absolute Gasteiger partial charge is 0.383 e. The Morgan fingerprint density at radius 1 is 0.853 bits per heavy atom. The maximum atomic E-state index is 13.0. The van der Waals surface area contributed by atoms with Crippen molar-refractivity contribution in [3.8, 4) is 0 Å². The number of para-hydroxylation sites is 1. The van der Waals surface area contributed by atoms with Crippen LogP contribution in [-0.4, -0.2) is 14.5 Å². The number of aromatic nitrogens is 2. The van der Waals surface area contributed by atoms with Crippen LogP contribution in [0.5, 0.6) is 0 Å². The Morgan fingerprint density at radius 3 is 2.09 bits per heavy atom. The minimum absolute atomic E-state index is 0.00730. The molecular weight excluding hydrogens is 434 g/mol. The third kappa shape index (κ3) is 4.88.